The van der Waals surface area contributed by atoms with E-state index in [1.165, 1.54) is 0 Å². The SMILES string of the molecule is CCO.Oc1ccccc1.Oc1ccccc1.Oc1ccccc1.Oc1ccccc1.[Ti]. The standard InChI is InChI=1S/4C6H6O.C2H6O.Ti/c4*7-6-4-2-1-3-5-6;1-2-3;/h4*1-5,7H;3H,2H2,1H3;. The third kappa shape index (κ3) is 21.5. The first-order chi connectivity index (χ1) is 15.0. The average molecular weight is 470 g/mol. The molecule has 0 unspecified atom stereocenters. The van der Waals surface area contributed by atoms with Crippen LogP contribution in [0.1, 0.15) is 6.92 Å². The normalized spacial score (nSPS) is 8.06. The van der Waals surface area contributed by atoms with Crippen molar-refractivity contribution in [2.75, 3.05) is 6.61 Å². The summed E-state index contributed by atoms with van der Waals surface area (Å²) in [7, 11) is 0. The summed E-state index contributed by atoms with van der Waals surface area (Å²) in [6.45, 7) is 1.93. The van der Waals surface area contributed by atoms with E-state index < -0.39 is 0 Å². The van der Waals surface area contributed by atoms with E-state index in [2.05, 4.69) is 0 Å². The number of aromatic hydroxyl groups is 4. The van der Waals surface area contributed by atoms with Crippen LogP contribution in [-0.4, -0.2) is 32.1 Å². The van der Waals surface area contributed by atoms with Crippen molar-refractivity contribution in [3.05, 3.63) is 121 Å². The van der Waals surface area contributed by atoms with E-state index in [4.69, 9.17) is 25.5 Å². The molecule has 0 radical (unpaired) electrons. The Morgan fingerprint density at radius 1 is 0.406 bits per heavy atom. The van der Waals surface area contributed by atoms with Crippen LogP contribution in [0.4, 0.5) is 0 Å². The smallest absolute Gasteiger partial charge is 0.115 e. The molecular weight excluding hydrogens is 440 g/mol. The Morgan fingerprint density at radius 3 is 0.594 bits per heavy atom. The minimum atomic E-state index is 0. The molecule has 0 bridgehead atoms. The maximum Gasteiger partial charge on any atom is 0.115 e. The number of rotatable bonds is 0. The first-order valence-corrected chi connectivity index (χ1v) is 9.56. The zero-order valence-corrected chi connectivity index (χ0v) is 19.6. The van der Waals surface area contributed by atoms with Gasteiger partial charge in [-0.1, -0.05) is 72.8 Å². The van der Waals surface area contributed by atoms with Gasteiger partial charge in [-0.05, 0) is 55.5 Å². The van der Waals surface area contributed by atoms with Crippen LogP contribution in [0.2, 0.25) is 0 Å². The topological polar surface area (TPSA) is 101 Å². The Kier molecular flexibility index (Phi) is 21.7. The largest absolute Gasteiger partial charge is 0.508 e. The number of para-hydroxylation sites is 4. The van der Waals surface area contributed by atoms with Gasteiger partial charge in [0.25, 0.3) is 0 Å². The Labute approximate surface area is 204 Å². The van der Waals surface area contributed by atoms with Crippen LogP contribution in [0.5, 0.6) is 23.0 Å². The molecule has 0 aliphatic heterocycles. The van der Waals surface area contributed by atoms with Crippen LogP contribution < -0.4 is 0 Å². The van der Waals surface area contributed by atoms with E-state index in [0.29, 0.717) is 23.0 Å². The quantitative estimate of drug-likeness (QED) is 0.217. The number of hydrogen-bond donors (Lipinski definition) is 5. The van der Waals surface area contributed by atoms with Gasteiger partial charge >= 0.3 is 0 Å². The van der Waals surface area contributed by atoms with E-state index in [9.17, 15) is 0 Å². The monoisotopic (exact) mass is 470 g/mol. The molecule has 4 rings (SSSR count). The molecule has 0 atom stereocenters. The Morgan fingerprint density at radius 2 is 0.531 bits per heavy atom. The maximum absolute atomic E-state index is 8.63. The summed E-state index contributed by atoms with van der Waals surface area (Å²) in [6.07, 6.45) is 0. The second-order valence-electron chi connectivity index (χ2n) is 5.66. The first-order valence-electron chi connectivity index (χ1n) is 9.56. The molecule has 0 saturated carbocycles. The summed E-state index contributed by atoms with van der Waals surface area (Å²) >= 11 is 0. The van der Waals surface area contributed by atoms with Crippen molar-refractivity contribution >= 4 is 0 Å². The molecule has 0 amide bonds. The second kappa shape index (κ2) is 22.4. The fourth-order valence-electron chi connectivity index (χ4n) is 1.71. The number of benzene rings is 4. The molecule has 0 heterocycles. The van der Waals surface area contributed by atoms with Gasteiger partial charge < -0.3 is 25.5 Å². The molecule has 0 spiro atoms. The molecule has 6 heteroatoms. The van der Waals surface area contributed by atoms with Crippen LogP contribution in [0.25, 0.3) is 0 Å². The summed E-state index contributed by atoms with van der Waals surface area (Å²) in [6, 6.07) is 34.9. The van der Waals surface area contributed by atoms with E-state index in [-0.39, 0.29) is 28.3 Å². The molecule has 0 fully saturated rings. The van der Waals surface area contributed by atoms with Gasteiger partial charge in [-0.25, -0.2) is 0 Å². The molecule has 4 aromatic rings. The van der Waals surface area contributed by atoms with Crippen LogP contribution in [-0.2, 0) is 21.7 Å². The van der Waals surface area contributed by atoms with Gasteiger partial charge in [0.15, 0.2) is 0 Å². The van der Waals surface area contributed by atoms with E-state index >= 15 is 0 Å². The molecule has 0 saturated heterocycles. The predicted molar refractivity (Wildman–Crippen MR) is 125 cm³/mol. The van der Waals surface area contributed by atoms with Crippen molar-refractivity contribution in [1.82, 2.24) is 0 Å². The molecule has 32 heavy (non-hydrogen) atoms. The van der Waals surface area contributed by atoms with Crippen molar-refractivity contribution in [1.29, 1.82) is 0 Å². The number of aliphatic hydroxyl groups excluding tert-OH is 1. The fraction of sp³-hybridized carbons (Fsp3) is 0.0769. The number of aliphatic hydroxyl groups is 1. The minimum absolute atomic E-state index is 0. The van der Waals surface area contributed by atoms with E-state index in [1.54, 1.807) is 104 Å². The summed E-state index contributed by atoms with van der Waals surface area (Å²) < 4.78 is 0. The Balaban J connectivity index is 0. The zero-order valence-electron chi connectivity index (χ0n) is 18.0. The van der Waals surface area contributed by atoms with Crippen molar-refractivity contribution in [2.24, 2.45) is 0 Å². The molecule has 0 aliphatic rings. The molecule has 5 nitrogen and oxygen atoms in total. The Hall–Kier alpha value is -3.25. The molecule has 4 aromatic carbocycles. The molecular formula is C26H30O5Ti. The third-order valence-corrected chi connectivity index (χ3v) is 3.02. The Bertz CT molecular complexity index is 711. The fourth-order valence-corrected chi connectivity index (χ4v) is 1.71. The van der Waals surface area contributed by atoms with Crippen LogP contribution in [0, 0.1) is 0 Å². The zero-order chi connectivity index (χ0) is 23.2. The summed E-state index contributed by atoms with van der Waals surface area (Å²) in [4.78, 5) is 0. The summed E-state index contributed by atoms with van der Waals surface area (Å²) in [5, 5.41) is 42.1. The number of phenols is 4. The second-order valence-corrected chi connectivity index (χ2v) is 5.66. The van der Waals surface area contributed by atoms with Crippen LogP contribution in [0.3, 0.4) is 0 Å². The average Bonchev–Trinajstić information content (AvgIpc) is 2.78. The summed E-state index contributed by atoms with van der Waals surface area (Å²) in [5.41, 5.74) is 0. The van der Waals surface area contributed by atoms with Gasteiger partial charge in [0.2, 0.25) is 0 Å². The molecule has 5 N–H and O–H groups in total. The minimum Gasteiger partial charge on any atom is -0.508 e. The van der Waals surface area contributed by atoms with Crippen molar-refractivity contribution in [3.8, 4) is 23.0 Å². The van der Waals surface area contributed by atoms with Gasteiger partial charge in [-0.2, -0.15) is 0 Å². The van der Waals surface area contributed by atoms with Crippen molar-refractivity contribution in [2.45, 2.75) is 6.92 Å². The molecule has 0 aromatic heterocycles. The van der Waals surface area contributed by atoms with E-state index in [1.807, 2.05) is 24.3 Å². The third-order valence-electron chi connectivity index (χ3n) is 3.02. The molecule has 0 aliphatic carbocycles. The van der Waals surface area contributed by atoms with Crippen molar-refractivity contribution in [3.63, 3.8) is 0 Å². The number of phenolic OH excluding ortho intramolecular Hbond substituents is 4. The maximum atomic E-state index is 8.63. The van der Waals surface area contributed by atoms with Crippen LogP contribution >= 0.6 is 0 Å². The predicted octanol–water partition coefficient (Wildman–Crippen LogP) is 5.56. The van der Waals surface area contributed by atoms with Gasteiger partial charge in [0.05, 0.1) is 0 Å². The van der Waals surface area contributed by atoms with Gasteiger partial charge in [0, 0.05) is 28.3 Å². The van der Waals surface area contributed by atoms with Crippen molar-refractivity contribution < 1.29 is 47.3 Å². The van der Waals surface area contributed by atoms with Gasteiger partial charge in [-0.15, -0.1) is 0 Å². The summed E-state index contributed by atoms with van der Waals surface area (Å²) in [5.74, 6) is 1.29. The van der Waals surface area contributed by atoms with Crippen LogP contribution in [0.15, 0.2) is 121 Å². The number of hydrogen-bond acceptors (Lipinski definition) is 5. The van der Waals surface area contributed by atoms with E-state index in [0.717, 1.165) is 0 Å². The first kappa shape index (κ1) is 30.9. The van der Waals surface area contributed by atoms with Gasteiger partial charge in [-0.3, -0.25) is 0 Å². The van der Waals surface area contributed by atoms with Gasteiger partial charge in [0.1, 0.15) is 23.0 Å². The molecule has 168 valence electrons.